The van der Waals surface area contributed by atoms with Crippen molar-refractivity contribution in [1.82, 2.24) is 0 Å². The van der Waals surface area contributed by atoms with Crippen LogP contribution in [0.3, 0.4) is 0 Å². The van der Waals surface area contributed by atoms with Crippen LogP contribution in [0.5, 0.6) is 17.2 Å². The van der Waals surface area contributed by atoms with E-state index in [2.05, 4.69) is 104 Å². The predicted molar refractivity (Wildman–Crippen MR) is 155 cm³/mol. The molecule has 0 unspecified atom stereocenters. The van der Waals surface area contributed by atoms with Gasteiger partial charge in [0.05, 0.1) is 37.5 Å². The minimum absolute atomic E-state index is 0. The number of halogens is 1. The first-order valence-corrected chi connectivity index (χ1v) is 12.7. The van der Waals surface area contributed by atoms with E-state index in [-0.39, 0.29) is 12.4 Å². The zero-order valence-corrected chi connectivity index (χ0v) is 23.5. The Labute approximate surface area is 234 Å². The highest BCUT2D eigenvalue weighted by molar-refractivity contribution is 6.18. The second-order valence-corrected chi connectivity index (χ2v) is 9.60. The van der Waals surface area contributed by atoms with Gasteiger partial charge in [0.25, 0.3) is 0 Å². The average Bonchev–Trinajstić information content (AvgIpc) is 2.96. The molecule has 6 rings (SSSR count). The van der Waals surface area contributed by atoms with E-state index in [1.54, 1.807) is 21.3 Å². The zero-order valence-electron chi connectivity index (χ0n) is 22.7. The van der Waals surface area contributed by atoms with Gasteiger partial charge in [0.1, 0.15) is 12.8 Å². The summed E-state index contributed by atoms with van der Waals surface area (Å²) in [6.07, 6.45) is 2.16. The molecule has 39 heavy (non-hydrogen) atoms. The van der Waals surface area contributed by atoms with Crippen molar-refractivity contribution in [3.05, 3.63) is 96.7 Å². The van der Waals surface area contributed by atoms with Crippen LogP contribution in [0.25, 0.3) is 54.7 Å². The molecule has 0 aliphatic heterocycles. The number of pyridine rings is 1. The first-order chi connectivity index (χ1) is 18.5. The Morgan fingerprint density at radius 3 is 1.85 bits per heavy atom. The van der Waals surface area contributed by atoms with Gasteiger partial charge in [-0.15, -0.1) is 0 Å². The van der Waals surface area contributed by atoms with E-state index in [1.165, 1.54) is 11.1 Å². The SMILES string of the molecule is COc1cc2c(ccc3c4ccc(C)c(OC)c4c[n+](C)c23)c(-c2ccc(-c3ccccc3)cc2)c1OC.[Cl-]. The first kappa shape index (κ1) is 26.3. The Hall–Kier alpha value is -4.28. The molecule has 0 aliphatic rings. The molecule has 0 N–H and O–H groups in total. The van der Waals surface area contributed by atoms with Gasteiger partial charge < -0.3 is 26.6 Å². The average molecular weight is 536 g/mol. The normalized spacial score (nSPS) is 11.0. The lowest BCUT2D eigenvalue weighted by molar-refractivity contribution is -0.642. The van der Waals surface area contributed by atoms with Crippen molar-refractivity contribution in [2.45, 2.75) is 6.92 Å². The van der Waals surface area contributed by atoms with Crippen molar-refractivity contribution in [2.24, 2.45) is 7.05 Å². The van der Waals surface area contributed by atoms with Crippen LogP contribution in [0.2, 0.25) is 0 Å². The summed E-state index contributed by atoms with van der Waals surface area (Å²) >= 11 is 0. The van der Waals surface area contributed by atoms with E-state index in [0.29, 0.717) is 5.75 Å². The Morgan fingerprint density at radius 1 is 0.564 bits per heavy atom. The maximum atomic E-state index is 5.95. The fraction of sp³-hybridized carbons (Fsp3) is 0.147. The number of aromatic nitrogens is 1. The molecule has 0 bridgehead atoms. The quantitative estimate of drug-likeness (QED) is 0.238. The number of nitrogens with zero attached hydrogens (tertiary/aromatic N) is 1. The van der Waals surface area contributed by atoms with Gasteiger partial charge in [0.2, 0.25) is 5.52 Å². The van der Waals surface area contributed by atoms with Crippen LogP contribution in [-0.4, -0.2) is 21.3 Å². The molecule has 0 amide bonds. The van der Waals surface area contributed by atoms with Crippen LogP contribution in [0, 0.1) is 6.92 Å². The van der Waals surface area contributed by atoms with Gasteiger partial charge >= 0.3 is 0 Å². The van der Waals surface area contributed by atoms with Crippen molar-refractivity contribution < 1.29 is 31.2 Å². The summed E-state index contributed by atoms with van der Waals surface area (Å²) in [6, 6.07) is 29.9. The van der Waals surface area contributed by atoms with Gasteiger partial charge in [-0.05, 0) is 41.3 Å². The number of aryl methyl sites for hydroxylation is 2. The third-order valence-corrected chi connectivity index (χ3v) is 7.48. The second kappa shape index (κ2) is 10.5. The smallest absolute Gasteiger partial charge is 0.220 e. The lowest BCUT2D eigenvalue weighted by Gasteiger charge is -2.17. The molecule has 0 fully saturated rings. The van der Waals surface area contributed by atoms with Crippen molar-refractivity contribution in [1.29, 1.82) is 0 Å². The molecule has 0 atom stereocenters. The summed E-state index contributed by atoms with van der Waals surface area (Å²) in [5.41, 5.74) is 6.71. The number of hydrogen-bond acceptors (Lipinski definition) is 3. The monoisotopic (exact) mass is 535 g/mol. The van der Waals surface area contributed by atoms with E-state index < -0.39 is 0 Å². The van der Waals surface area contributed by atoms with Gasteiger partial charge in [-0.25, -0.2) is 0 Å². The first-order valence-electron chi connectivity index (χ1n) is 12.7. The van der Waals surface area contributed by atoms with Crippen molar-refractivity contribution in [3.63, 3.8) is 0 Å². The largest absolute Gasteiger partial charge is 1.00 e. The van der Waals surface area contributed by atoms with Crippen molar-refractivity contribution in [2.75, 3.05) is 21.3 Å². The zero-order chi connectivity index (χ0) is 26.4. The number of benzene rings is 5. The summed E-state index contributed by atoms with van der Waals surface area (Å²) in [4.78, 5) is 0. The predicted octanol–water partition coefficient (Wildman–Crippen LogP) is 4.64. The summed E-state index contributed by atoms with van der Waals surface area (Å²) in [5.74, 6) is 2.34. The summed E-state index contributed by atoms with van der Waals surface area (Å²) < 4.78 is 19.8. The summed E-state index contributed by atoms with van der Waals surface area (Å²) in [7, 11) is 7.22. The Bertz CT molecular complexity index is 1830. The van der Waals surface area contributed by atoms with E-state index in [4.69, 9.17) is 14.2 Å². The molecule has 0 saturated heterocycles. The van der Waals surface area contributed by atoms with E-state index in [0.717, 1.165) is 60.6 Å². The minimum atomic E-state index is 0. The maximum Gasteiger partial charge on any atom is 0.220 e. The molecular weight excluding hydrogens is 506 g/mol. The molecule has 0 saturated carbocycles. The standard InChI is InChI=1S/C34H30NO3.ClH/c1-21-11-16-25-27-18-17-26-28(32(27)35(2)20-29(25)33(21)37-4)19-30(36-3)34(38-5)31(26)24-14-12-23(13-15-24)22-9-7-6-8-10-22;/h6-20H,1-5H3;1H/q+1;/p-1. The summed E-state index contributed by atoms with van der Waals surface area (Å²) in [6.45, 7) is 2.08. The second-order valence-electron chi connectivity index (χ2n) is 9.60. The third-order valence-electron chi connectivity index (χ3n) is 7.48. The fourth-order valence-corrected chi connectivity index (χ4v) is 5.71. The number of fused-ring (bicyclic) bond motifs is 5. The number of methoxy groups -OCH3 is 3. The third kappa shape index (κ3) is 4.21. The van der Waals surface area contributed by atoms with E-state index in [9.17, 15) is 0 Å². The Balaban J connectivity index is 0.00000308. The molecule has 1 heterocycles. The van der Waals surface area contributed by atoms with Crippen molar-refractivity contribution >= 4 is 32.4 Å². The maximum absolute atomic E-state index is 5.95. The molecule has 5 heteroatoms. The highest BCUT2D eigenvalue weighted by Crippen LogP contribution is 2.46. The molecule has 196 valence electrons. The molecule has 0 aliphatic carbocycles. The molecule has 5 aromatic carbocycles. The molecule has 0 radical (unpaired) electrons. The number of hydrogen-bond donors (Lipinski definition) is 0. The Kier molecular flexibility index (Phi) is 7.07. The minimum Gasteiger partial charge on any atom is -1.00 e. The summed E-state index contributed by atoms with van der Waals surface area (Å²) in [5, 5.41) is 5.63. The van der Waals surface area contributed by atoms with Crippen LogP contribution in [0.1, 0.15) is 5.56 Å². The van der Waals surface area contributed by atoms with Gasteiger partial charge in [0, 0.05) is 16.3 Å². The van der Waals surface area contributed by atoms with Crippen LogP contribution < -0.4 is 31.2 Å². The van der Waals surface area contributed by atoms with Gasteiger partial charge in [-0.3, -0.25) is 0 Å². The molecular formula is C34H30ClNO3. The van der Waals surface area contributed by atoms with Crippen LogP contribution in [0.4, 0.5) is 0 Å². The van der Waals surface area contributed by atoms with Gasteiger partial charge in [-0.1, -0.05) is 72.8 Å². The lowest BCUT2D eigenvalue weighted by Crippen LogP contribution is -3.00. The molecule has 1 aromatic heterocycles. The van der Waals surface area contributed by atoms with E-state index >= 15 is 0 Å². The van der Waals surface area contributed by atoms with Crippen LogP contribution in [0.15, 0.2) is 91.1 Å². The van der Waals surface area contributed by atoms with Crippen molar-refractivity contribution in [3.8, 4) is 39.5 Å². The molecule has 0 spiro atoms. The van der Waals surface area contributed by atoms with Gasteiger partial charge in [-0.2, -0.15) is 4.57 Å². The van der Waals surface area contributed by atoms with Crippen LogP contribution >= 0.6 is 0 Å². The molecule has 6 aromatic rings. The highest BCUT2D eigenvalue weighted by atomic mass is 35.5. The van der Waals surface area contributed by atoms with Crippen LogP contribution in [-0.2, 0) is 7.05 Å². The fourth-order valence-electron chi connectivity index (χ4n) is 5.71. The van der Waals surface area contributed by atoms with E-state index in [1.807, 2.05) is 6.07 Å². The Morgan fingerprint density at radius 2 is 1.18 bits per heavy atom. The van der Waals surface area contributed by atoms with Gasteiger partial charge in [0.15, 0.2) is 17.7 Å². The topological polar surface area (TPSA) is 31.6 Å². The number of ether oxygens (including phenoxy) is 3. The highest BCUT2D eigenvalue weighted by Gasteiger charge is 2.23. The lowest BCUT2D eigenvalue weighted by atomic mass is 9.92. The number of rotatable bonds is 5. The molecule has 4 nitrogen and oxygen atoms in total.